The summed E-state index contributed by atoms with van der Waals surface area (Å²) in [7, 11) is 0. The Bertz CT molecular complexity index is 399. The molecule has 1 aliphatic heterocycles. The Morgan fingerprint density at radius 3 is 2.55 bits per heavy atom. The molecule has 2 atom stereocenters. The summed E-state index contributed by atoms with van der Waals surface area (Å²) in [4.78, 5) is 14.5. The summed E-state index contributed by atoms with van der Waals surface area (Å²) in [6.07, 6.45) is 6.29. The Balaban J connectivity index is 1.41. The number of nitrogens with one attached hydrogen (secondary N) is 2. The molecule has 0 aromatic carbocycles. The molecule has 0 aromatic heterocycles. The normalized spacial score (nSPS) is 27.7. The molecular formula is C17H31N3O2. The molecule has 2 unspecified atom stereocenters. The van der Waals surface area contributed by atoms with Gasteiger partial charge < -0.3 is 15.4 Å². The number of amides is 1. The average molecular weight is 309 g/mol. The van der Waals surface area contributed by atoms with Crippen LogP contribution in [-0.2, 0) is 4.74 Å². The van der Waals surface area contributed by atoms with Crippen LogP contribution >= 0.6 is 0 Å². The van der Waals surface area contributed by atoms with Gasteiger partial charge in [-0.3, -0.25) is 4.90 Å². The van der Waals surface area contributed by atoms with E-state index < -0.39 is 5.60 Å². The number of nitrogens with zero attached hydrogens (tertiary/aromatic N) is 1. The molecular weight excluding hydrogens is 278 g/mol. The van der Waals surface area contributed by atoms with Crippen LogP contribution in [0.3, 0.4) is 0 Å². The van der Waals surface area contributed by atoms with Gasteiger partial charge in [0.05, 0.1) is 0 Å². The van der Waals surface area contributed by atoms with Gasteiger partial charge in [0.25, 0.3) is 0 Å². The lowest BCUT2D eigenvalue weighted by Crippen LogP contribution is -2.48. The van der Waals surface area contributed by atoms with Gasteiger partial charge >= 0.3 is 6.09 Å². The number of likely N-dealkylation sites (tertiary alicyclic amines) is 1. The first-order valence-electron chi connectivity index (χ1n) is 8.88. The van der Waals surface area contributed by atoms with E-state index >= 15 is 0 Å². The van der Waals surface area contributed by atoms with Crippen molar-refractivity contribution in [3.63, 3.8) is 0 Å². The van der Waals surface area contributed by atoms with Gasteiger partial charge in [0, 0.05) is 37.8 Å². The second-order valence-electron chi connectivity index (χ2n) is 8.21. The van der Waals surface area contributed by atoms with E-state index in [4.69, 9.17) is 4.74 Å². The molecule has 0 spiro atoms. The lowest BCUT2D eigenvalue weighted by atomic mass is 10.1. The minimum Gasteiger partial charge on any atom is -0.444 e. The van der Waals surface area contributed by atoms with Crippen molar-refractivity contribution in [2.45, 2.75) is 76.6 Å². The van der Waals surface area contributed by atoms with Crippen LogP contribution < -0.4 is 10.6 Å². The number of hydrogen-bond acceptors (Lipinski definition) is 4. The Morgan fingerprint density at radius 2 is 1.95 bits per heavy atom. The minimum absolute atomic E-state index is 0.300. The van der Waals surface area contributed by atoms with E-state index in [0.717, 1.165) is 12.0 Å². The van der Waals surface area contributed by atoms with Crippen LogP contribution in [-0.4, -0.2) is 54.4 Å². The maximum atomic E-state index is 11.8. The topological polar surface area (TPSA) is 53.6 Å². The van der Waals surface area contributed by atoms with Gasteiger partial charge in [0.2, 0.25) is 0 Å². The summed E-state index contributed by atoms with van der Waals surface area (Å²) >= 11 is 0. The van der Waals surface area contributed by atoms with Crippen LogP contribution in [0.2, 0.25) is 0 Å². The van der Waals surface area contributed by atoms with E-state index in [9.17, 15) is 4.79 Å². The molecule has 3 rings (SSSR count). The summed E-state index contributed by atoms with van der Waals surface area (Å²) in [6, 6.07) is 1.86. The fourth-order valence-electron chi connectivity index (χ4n) is 3.37. The highest BCUT2D eigenvalue weighted by atomic mass is 16.6. The van der Waals surface area contributed by atoms with Crippen LogP contribution in [0, 0.1) is 5.92 Å². The van der Waals surface area contributed by atoms with E-state index in [1.54, 1.807) is 0 Å². The molecule has 1 saturated heterocycles. The van der Waals surface area contributed by atoms with Crippen LogP contribution in [0.5, 0.6) is 0 Å². The Hall–Kier alpha value is -0.810. The van der Waals surface area contributed by atoms with Crippen molar-refractivity contribution >= 4 is 6.09 Å². The Kier molecular flexibility index (Phi) is 4.64. The van der Waals surface area contributed by atoms with Gasteiger partial charge in [-0.15, -0.1) is 0 Å². The van der Waals surface area contributed by atoms with E-state index in [1.165, 1.54) is 45.2 Å². The molecule has 126 valence electrons. The van der Waals surface area contributed by atoms with Crippen molar-refractivity contribution in [2.24, 2.45) is 5.92 Å². The highest BCUT2D eigenvalue weighted by Gasteiger charge is 2.37. The number of rotatable bonds is 6. The van der Waals surface area contributed by atoms with Crippen LogP contribution in [0.15, 0.2) is 0 Å². The summed E-state index contributed by atoms with van der Waals surface area (Å²) in [5.74, 6) is 0.727. The predicted octanol–water partition coefficient (Wildman–Crippen LogP) is 2.12. The Morgan fingerprint density at radius 1 is 1.23 bits per heavy atom. The second kappa shape index (κ2) is 6.36. The molecule has 1 amide bonds. The third kappa shape index (κ3) is 4.85. The van der Waals surface area contributed by atoms with Crippen LogP contribution in [0.25, 0.3) is 0 Å². The molecule has 22 heavy (non-hydrogen) atoms. The third-order valence-corrected chi connectivity index (χ3v) is 4.79. The second-order valence-corrected chi connectivity index (χ2v) is 8.21. The van der Waals surface area contributed by atoms with Gasteiger partial charge in [-0.2, -0.15) is 0 Å². The van der Waals surface area contributed by atoms with E-state index in [2.05, 4.69) is 15.5 Å². The zero-order valence-electron chi connectivity index (χ0n) is 14.2. The summed E-state index contributed by atoms with van der Waals surface area (Å²) in [5.41, 5.74) is -0.428. The molecule has 2 aliphatic carbocycles. The van der Waals surface area contributed by atoms with Gasteiger partial charge in [-0.1, -0.05) is 0 Å². The number of ether oxygens (including phenoxy) is 1. The molecule has 0 radical (unpaired) electrons. The smallest absolute Gasteiger partial charge is 0.407 e. The molecule has 0 bridgehead atoms. The first-order chi connectivity index (χ1) is 10.4. The van der Waals surface area contributed by atoms with Gasteiger partial charge in [-0.25, -0.2) is 4.79 Å². The fourth-order valence-corrected chi connectivity index (χ4v) is 3.37. The van der Waals surface area contributed by atoms with Gasteiger partial charge in [0.1, 0.15) is 5.60 Å². The zero-order valence-corrected chi connectivity index (χ0v) is 14.2. The van der Waals surface area contributed by atoms with Crippen molar-refractivity contribution < 1.29 is 9.53 Å². The van der Waals surface area contributed by atoms with Crippen LogP contribution in [0.1, 0.15) is 52.9 Å². The molecule has 1 heterocycles. The molecule has 2 saturated carbocycles. The molecule has 5 nitrogen and oxygen atoms in total. The lowest BCUT2D eigenvalue weighted by molar-refractivity contribution is 0.0520. The number of alkyl carbamates (subject to hydrolysis) is 1. The first-order valence-corrected chi connectivity index (χ1v) is 8.88. The zero-order chi connectivity index (χ0) is 15.7. The maximum absolute atomic E-state index is 11.8. The predicted molar refractivity (Wildman–Crippen MR) is 86.9 cm³/mol. The van der Waals surface area contributed by atoms with Crippen LogP contribution in [0.4, 0.5) is 4.79 Å². The van der Waals surface area contributed by atoms with Gasteiger partial charge in [-0.05, 0) is 58.8 Å². The van der Waals surface area contributed by atoms with Crippen molar-refractivity contribution in [1.29, 1.82) is 0 Å². The monoisotopic (exact) mass is 309 g/mol. The minimum atomic E-state index is -0.428. The Labute approximate surface area is 134 Å². The van der Waals surface area contributed by atoms with Crippen molar-refractivity contribution in [2.75, 3.05) is 19.6 Å². The summed E-state index contributed by atoms with van der Waals surface area (Å²) < 4.78 is 5.33. The highest BCUT2D eigenvalue weighted by molar-refractivity contribution is 5.67. The number of carbonyl (C=O) groups is 1. The SMILES string of the molecule is CC(C)(C)OC(=O)NCC(NC1CCN(C2CC2)C1)C1CC1. The molecule has 3 fully saturated rings. The molecule has 0 aromatic rings. The highest BCUT2D eigenvalue weighted by Crippen LogP contribution is 2.34. The molecule has 2 N–H and O–H groups in total. The first kappa shape index (κ1) is 16.1. The quantitative estimate of drug-likeness (QED) is 0.789. The van der Waals surface area contributed by atoms with Gasteiger partial charge in [0.15, 0.2) is 0 Å². The van der Waals surface area contributed by atoms with E-state index in [1.807, 2.05) is 20.8 Å². The van der Waals surface area contributed by atoms with E-state index in [-0.39, 0.29) is 6.09 Å². The largest absolute Gasteiger partial charge is 0.444 e. The molecule has 5 heteroatoms. The maximum Gasteiger partial charge on any atom is 0.407 e. The number of carbonyl (C=O) groups excluding carboxylic acids is 1. The number of hydrogen-bond donors (Lipinski definition) is 2. The third-order valence-electron chi connectivity index (χ3n) is 4.79. The summed E-state index contributed by atoms with van der Waals surface area (Å²) in [6.45, 7) is 8.79. The van der Waals surface area contributed by atoms with Crippen molar-refractivity contribution in [3.8, 4) is 0 Å². The van der Waals surface area contributed by atoms with E-state index in [0.29, 0.717) is 18.6 Å². The fraction of sp³-hybridized carbons (Fsp3) is 0.941. The standard InChI is InChI=1S/C17H31N3O2/c1-17(2,3)22-16(21)18-10-15(12-4-5-12)19-13-8-9-20(11-13)14-6-7-14/h12-15,19H,4-11H2,1-3H3,(H,18,21). The summed E-state index contributed by atoms with van der Waals surface area (Å²) in [5, 5.41) is 6.74. The van der Waals surface area contributed by atoms with Crippen molar-refractivity contribution in [1.82, 2.24) is 15.5 Å². The van der Waals surface area contributed by atoms with Crippen molar-refractivity contribution in [3.05, 3.63) is 0 Å². The molecule has 3 aliphatic rings. The average Bonchev–Trinajstić information content (AvgIpc) is 3.31. The lowest BCUT2D eigenvalue weighted by Gasteiger charge is -2.25.